The van der Waals surface area contributed by atoms with Crippen LogP contribution in [0.1, 0.15) is 40.0 Å². The van der Waals surface area contributed by atoms with Crippen molar-refractivity contribution in [1.29, 1.82) is 0 Å². The number of hydrogen-bond donors (Lipinski definition) is 0. The van der Waals surface area contributed by atoms with Crippen LogP contribution in [0, 0.1) is 6.92 Å². The van der Waals surface area contributed by atoms with Gasteiger partial charge < -0.3 is 9.64 Å². The Labute approximate surface area is 147 Å². The highest BCUT2D eigenvalue weighted by atomic mass is 35.5. The Bertz CT molecular complexity index is 839. The number of halogens is 4. The first-order chi connectivity index (χ1) is 11.7. The zero-order valence-corrected chi connectivity index (χ0v) is 14.1. The van der Waals surface area contributed by atoms with Crippen molar-refractivity contribution in [3.63, 3.8) is 0 Å². The summed E-state index contributed by atoms with van der Waals surface area (Å²) in [4.78, 5) is 18.2. The van der Waals surface area contributed by atoms with Crippen molar-refractivity contribution in [1.82, 2.24) is 9.88 Å². The standard InChI is InChI=1S/C17H14ClF3N2O2/c1-9-7-11(3-4-14(9)25-17(19,20)21)10(2)23-8-13-12(16(23)24)5-6-22-15(13)18/h3-7,10H,8H2,1-2H3. The topological polar surface area (TPSA) is 42.4 Å². The molecule has 4 nitrogen and oxygen atoms in total. The summed E-state index contributed by atoms with van der Waals surface area (Å²) in [6.07, 6.45) is -3.27. The largest absolute Gasteiger partial charge is 0.573 e. The molecule has 0 saturated heterocycles. The minimum Gasteiger partial charge on any atom is -0.406 e. The molecule has 0 N–H and O–H groups in total. The first kappa shape index (κ1) is 17.5. The summed E-state index contributed by atoms with van der Waals surface area (Å²) in [5.74, 6) is -0.438. The number of aryl methyl sites for hydroxylation is 1. The van der Waals surface area contributed by atoms with E-state index in [4.69, 9.17) is 11.6 Å². The highest BCUT2D eigenvalue weighted by molar-refractivity contribution is 6.30. The highest BCUT2D eigenvalue weighted by Gasteiger charge is 2.34. The lowest BCUT2D eigenvalue weighted by molar-refractivity contribution is -0.274. The van der Waals surface area contributed by atoms with Crippen molar-refractivity contribution < 1.29 is 22.7 Å². The van der Waals surface area contributed by atoms with E-state index in [0.29, 0.717) is 28.8 Å². The van der Waals surface area contributed by atoms with Crippen LogP contribution in [-0.4, -0.2) is 22.2 Å². The Balaban J connectivity index is 1.85. The number of amides is 1. The lowest BCUT2D eigenvalue weighted by Crippen LogP contribution is -2.27. The maximum absolute atomic E-state index is 12.6. The van der Waals surface area contributed by atoms with Crippen molar-refractivity contribution in [2.24, 2.45) is 0 Å². The zero-order valence-electron chi connectivity index (χ0n) is 13.4. The third-order valence-electron chi connectivity index (χ3n) is 4.20. The molecule has 2 aromatic rings. The molecular formula is C17H14ClF3N2O2. The molecule has 1 unspecified atom stereocenters. The molecule has 1 aromatic carbocycles. The number of carbonyl (C=O) groups excluding carboxylic acids is 1. The van der Waals surface area contributed by atoms with E-state index in [-0.39, 0.29) is 22.9 Å². The Morgan fingerprint density at radius 2 is 2.04 bits per heavy atom. The second-order valence-electron chi connectivity index (χ2n) is 5.81. The van der Waals surface area contributed by atoms with Crippen molar-refractivity contribution >= 4 is 17.5 Å². The van der Waals surface area contributed by atoms with Gasteiger partial charge in [-0.1, -0.05) is 23.7 Å². The molecule has 0 fully saturated rings. The molecule has 0 radical (unpaired) electrons. The molecule has 1 aromatic heterocycles. The summed E-state index contributed by atoms with van der Waals surface area (Å²) < 4.78 is 41.1. The van der Waals surface area contributed by atoms with Gasteiger partial charge in [-0.15, -0.1) is 13.2 Å². The monoisotopic (exact) mass is 370 g/mol. The minimum atomic E-state index is -4.74. The molecule has 0 aliphatic carbocycles. The van der Waals surface area contributed by atoms with Gasteiger partial charge in [0.2, 0.25) is 0 Å². The predicted molar refractivity (Wildman–Crippen MR) is 85.4 cm³/mol. The van der Waals surface area contributed by atoms with E-state index in [1.165, 1.54) is 25.3 Å². The van der Waals surface area contributed by atoms with Crippen LogP contribution < -0.4 is 4.74 Å². The van der Waals surface area contributed by atoms with E-state index in [9.17, 15) is 18.0 Å². The molecule has 1 atom stereocenters. The van der Waals surface area contributed by atoms with Crippen LogP contribution >= 0.6 is 11.6 Å². The van der Waals surface area contributed by atoms with E-state index in [1.807, 2.05) is 6.92 Å². The van der Waals surface area contributed by atoms with Gasteiger partial charge in [-0.2, -0.15) is 0 Å². The van der Waals surface area contributed by atoms with Crippen LogP contribution in [-0.2, 0) is 6.54 Å². The van der Waals surface area contributed by atoms with Crippen LogP contribution in [0.2, 0.25) is 5.15 Å². The normalized spacial score (nSPS) is 15.3. The molecule has 3 rings (SSSR count). The fourth-order valence-corrected chi connectivity index (χ4v) is 3.10. The van der Waals surface area contributed by atoms with E-state index < -0.39 is 6.36 Å². The SMILES string of the molecule is Cc1cc(C(C)N2Cc3c(ccnc3Cl)C2=O)ccc1OC(F)(F)F. The van der Waals surface area contributed by atoms with Gasteiger partial charge in [0.25, 0.3) is 5.91 Å². The molecule has 25 heavy (non-hydrogen) atoms. The second-order valence-corrected chi connectivity index (χ2v) is 6.17. The third-order valence-corrected chi connectivity index (χ3v) is 4.52. The maximum Gasteiger partial charge on any atom is 0.573 e. The van der Waals surface area contributed by atoms with Crippen molar-refractivity contribution in [3.8, 4) is 5.75 Å². The Morgan fingerprint density at radius 1 is 1.32 bits per heavy atom. The number of fused-ring (bicyclic) bond motifs is 1. The van der Waals surface area contributed by atoms with Gasteiger partial charge in [-0.3, -0.25) is 4.79 Å². The summed E-state index contributed by atoms with van der Waals surface area (Å²) in [5.41, 5.74) is 2.21. The van der Waals surface area contributed by atoms with Crippen LogP contribution in [0.25, 0.3) is 0 Å². The maximum atomic E-state index is 12.6. The van der Waals surface area contributed by atoms with E-state index in [2.05, 4.69) is 9.72 Å². The molecule has 132 valence electrons. The summed E-state index contributed by atoms with van der Waals surface area (Å²) in [5, 5.41) is 0.283. The number of rotatable bonds is 3. The van der Waals surface area contributed by atoms with Crippen LogP contribution in [0.5, 0.6) is 5.75 Å². The second kappa shape index (κ2) is 6.22. The fraction of sp³-hybridized carbons (Fsp3) is 0.294. The lowest BCUT2D eigenvalue weighted by atomic mass is 10.0. The van der Waals surface area contributed by atoms with E-state index in [0.717, 1.165) is 0 Å². The number of nitrogens with zero attached hydrogens (tertiary/aromatic N) is 2. The number of pyridine rings is 1. The van der Waals surface area contributed by atoms with Gasteiger partial charge in [-0.25, -0.2) is 4.98 Å². The molecule has 1 aliphatic rings. The predicted octanol–water partition coefficient (Wildman–Crippen LogP) is 4.66. The van der Waals surface area contributed by atoms with E-state index in [1.54, 1.807) is 17.0 Å². The van der Waals surface area contributed by atoms with Crippen molar-refractivity contribution in [2.45, 2.75) is 32.8 Å². The fourth-order valence-electron chi connectivity index (χ4n) is 2.88. The average molecular weight is 371 g/mol. The lowest BCUT2D eigenvalue weighted by Gasteiger charge is -2.25. The number of benzene rings is 1. The van der Waals surface area contributed by atoms with Crippen molar-refractivity contribution in [3.05, 3.63) is 57.9 Å². The molecule has 0 bridgehead atoms. The number of ether oxygens (including phenoxy) is 1. The smallest absolute Gasteiger partial charge is 0.406 e. The molecule has 1 amide bonds. The summed E-state index contributed by atoms with van der Waals surface area (Å²) in [6, 6.07) is 5.64. The Hall–Kier alpha value is -2.28. The zero-order chi connectivity index (χ0) is 18.4. The third kappa shape index (κ3) is 3.42. The van der Waals surface area contributed by atoms with Gasteiger partial charge >= 0.3 is 6.36 Å². The Kier molecular flexibility index (Phi) is 4.36. The molecule has 8 heteroatoms. The molecule has 2 heterocycles. The average Bonchev–Trinajstić information content (AvgIpc) is 2.86. The van der Waals surface area contributed by atoms with Crippen LogP contribution in [0.4, 0.5) is 13.2 Å². The first-order valence-corrected chi connectivity index (χ1v) is 7.86. The summed E-state index contributed by atoms with van der Waals surface area (Å²) >= 11 is 6.05. The first-order valence-electron chi connectivity index (χ1n) is 7.48. The number of carbonyl (C=O) groups is 1. The molecular weight excluding hydrogens is 357 g/mol. The summed E-state index contributed by atoms with van der Waals surface area (Å²) in [6.45, 7) is 3.64. The van der Waals surface area contributed by atoms with Crippen molar-refractivity contribution in [2.75, 3.05) is 0 Å². The van der Waals surface area contributed by atoms with Crippen LogP contribution in [0.15, 0.2) is 30.5 Å². The van der Waals surface area contributed by atoms with Gasteiger partial charge in [0.05, 0.1) is 12.6 Å². The molecule has 0 spiro atoms. The van der Waals surface area contributed by atoms with Crippen LogP contribution in [0.3, 0.4) is 0 Å². The molecule has 1 aliphatic heterocycles. The minimum absolute atomic E-state index is 0.180. The molecule has 0 saturated carbocycles. The summed E-state index contributed by atoms with van der Waals surface area (Å²) in [7, 11) is 0. The highest BCUT2D eigenvalue weighted by Crippen LogP contribution is 2.35. The van der Waals surface area contributed by atoms with Gasteiger partial charge in [-0.05, 0) is 37.1 Å². The number of hydrogen-bond acceptors (Lipinski definition) is 3. The number of alkyl halides is 3. The number of aromatic nitrogens is 1. The van der Waals surface area contributed by atoms with Gasteiger partial charge in [0.15, 0.2) is 0 Å². The Morgan fingerprint density at radius 3 is 2.64 bits per heavy atom. The van der Waals surface area contributed by atoms with E-state index >= 15 is 0 Å². The van der Waals surface area contributed by atoms with Gasteiger partial charge in [0.1, 0.15) is 10.9 Å². The van der Waals surface area contributed by atoms with Gasteiger partial charge in [0, 0.05) is 17.3 Å². The quantitative estimate of drug-likeness (QED) is 0.738.